The van der Waals surface area contributed by atoms with Crippen molar-refractivity contribution in [3.63, 3.8) is 0 Å². The SMILES string of the molecule is C[Si]1(C)c2cc3c(cc2Oc2cc4c(cc21)C(=O)OC4=O)C(=O)OC3=O. The molecule has 0 fully saturated rings. The van der Waals surface area contributed by atoms with E-state index in [1.165, 1.54) is 12.1 Å². The zero-order chi connectivity index (χ0) is 18.4. The normalized spacial score (nSPS) is 18.4. The molecule has 3 aliphatic rings. The number of esters is 4. The number of rotatable bonds is 0. The van der Waals surface area contributed by atoms with Crippen LogP contribution in [0.3, 0.4) is 0 Å². The summed E-state index contributed by atoms with van der Waals surface area (Å²) in [6.07, 6.45) is 0. The van der Waals surface area contributed by atoms with Crippen molar-refractivity contribution in [3.05, 3.63) is 46.5 Å². The maximum Gasteiger partial charge on any atom is 0.347 e. The number of cyclic esters (lactones) is 4. The van der Waals surface area contributed by atoms with E-state index in [0.29, 0.717) is 11.5 Å². The van der Waals surface area contributed by atoms with Gasteiger partial charge in [0.15, 0.2) is 0 Å². The van der Waals surface area contributed by atoms with Crippen LogP contribution in [0.2, 0.25) is 13.1 Å². The summed E-state index contributed by atoms with van der Waals surface area (Å²) in [4.78, 5) is 47.4. The zero-order valence-corrected chi connectivity index (χ0v) is 14.7. The fraction of sp³-hybridized carbons (Fsp3) is 0.111. The van der Waals surface area contributed by atoms with Crippen LogP contribution in [0.15, 0.2) is 24.3 Å². The fourth-order valence-electron chi connectivity index (χ4n) is 3.63. The summed E-state index contributed by atoms with van der Waals surface area (Å²) in [7, 11) is -2.38. The average molecular weight is 366 g/mol. The molecule has 0 saturated heterocycles. The van der Waals surface area contributed by atoms with Crippen LogP contribution in [-0.2, 0) is 9.47 Å². The van der Waals surface area contributed by atoms with Gasteiger partial charge in [-0.15, -0.1) is 0 Å². The Hall–Kier alpha value is -3.26. The van der Waals surface area contributed by atoms with Crippen molar-refractivity contribution >= 4 is 42.3 Å². The largest absolute Gasteiger partial charge is 0.458 e. The van der Waals surface area contributed by atoms with Crippen molar-refractivity contribution in [2.75, 3.05) is 0 Å². The highest BCUT2D eigenvalue weighted by molar-refractivity contribution is 7.01. The van der Waals surface area contributed by atoms with Crippen LogP contribution >= 0.6 is 0 Å². The molecule has 7 nitrogen and oxygen atoms in total. The van der Waals surface area contributed by atoms with Crippen molar-refractivity contribution in [2.24, 2.45) is 0 Å². The van der Waals surface area contributed by atoms with Gasteiger partial charge in [0.1, 0.15) is 19.6 Å². The Balaban J connectivity index is 1.76. The third-order valence-corrected chi connectivity index (χ3v) is 8.53. The second-order valence-corrected chi connectivity index (χ2v) is 11.2. The van der Waals surface area contributed by atoms with E-state index in [-0.39, 0.29) is 22.3 Å². The third kappa shape index (κ3) is 1.71. The first kappa shape index (κ1) is 15.0. The Morgan fingerprint density at radius 2 is 0.923 bits per heavy atom. The molecule has 0 spiro atoms. The Morgan fingerprint density at radius 3 is 1.31 bits per heavy atom. The molecule has 0 aliphatic carbocycles. The van der Waals surface area contributed by atoms with Gasteiger partial charge in [-0.25, -0.2) is 19.2 Å². The minimum Gasteiger partial charge on any atom is -0.458 e. The molecule has 0 radical (unpaired) electrons. The summed E-state index contributed by atoms with van der Waals surface area (Å²) in [6, 6.07) is 6.30. The fourth-order valence-corrected chi connectivity index (χ4v) is 6.41. The molecule has 2 aromatic carbocycles. The summed E-state index contributed by atoms with van der Waals surface area (Å²) in [5.41, 5.74) is 0.768. The number of benzene rings is 2. The van der Waals surface area contributed by atoms with Crippen LogP contribution in [0.5, 0.6) is 11.5 Å². The van der Waals surface area contributed by atoms with Gasteiger partial charge in [0, 0.05) is 0 Å². The Labute approximate surface area is 147 Å². The minimum atomic E-state index is -2.38. The molecule has 0 aromatic heterocycles. The van der Waals surface area contributed by atoms with E-state index in [0.717, 1.165) is 10.4 Å². The molecule has 0 unspecified atom stereocenters. The highest BCUT2D eigenvalue weighted by Gasteiger charge is 2.43. The number of ether oxygens (including phenoxy) is 3. The number of carbonyl (C=O) groups is 4. The van der Waals surface area contributed by atoms with E-state index in [4.69, 9.17) is 4.74 Å². The molecule has 0 amide bonds. The van der Waals surface area contributed by atoms with Crippen molar-refractivity contribution in [1.82, 2.24) is 0 Å². The minimum absolute atomic E-state index is 0.165. The molecule has 3 aliphatic heterocycles. The van der Waals surface area contributed by atoms with Crippen LogP contribution < -0.4 is 15.1 Å². The topological polar surface area (TPSA) is 96.0 Å². The van der Waals surface area contributed by atoms with Gasteiger partial charge < -0.3 is 14.2 Å². The van der Waals surface area contributed by atoms with Gasteiger partial charge in [-0.05, 0) is 34.6 Å². The van der Waals surface area contributed by atoms with Crippen LogP contribution in [0.4, 0.5) is 0 Å². The lowest BCUT2D eigenvalue weighted by Crippen LogP contribution is -2.56. The number of fused-ring (bicyclic) bond motifs is 4. The summed E-state index contributed by atoms with van der Waals surface area (Å²) >= 11 is 0. The highest BCUT2D eigenvalue weighted by Crippen LogP contribution is 2.35. The maximum absolute atomic E-state index is 11.9. The van der Waals surface area contributed by atoms with Crippen molar-refractivity contribution in [2.45, 2.75) is 13.1 Å². The molecule has 2 aromatic rings. The van der Waals surface area contributed by atoms with Crippen LogP contribution in [0, 0.1) is 0 Å². The Morgan fingerprint density at radius 1 is 0.577 bits per heavy atom. The van der Waals surface area contributed by atoms with Gasteiger partial charge in [-0.1, -0.05) is 13.1 Å². The molecule has 26 heavy (non-hydrogen) atoms. The molecular weight excluding hydrogens is 356 g/mol. The maximum atomic E-state index is 11.9. The van der Waals surface area contributed by atoms with Crippen molar-refractivity contribution in [3.8, 4) is 11.5 Å². The number of hydrogen-bond acceptors (Lipinski definition) is 7. The number of carbonyl (C=O) groups excluding carboxylic acids is 4. The van der Waals surface area contributed by atoms with Gasteiger partial charge in [-0.2, -0.15) is 0 Å². The van der Waals surface area contributed by atoms with Crippen molar-refractivity contribution in [1.29, 1.82) is 0 Å². The summed E-state index contributed by atoms with van der Waals surface area (Å²) < 4.78 is 15.3. The monoisotopic (exact) mass is 366 g/mol. The van der Waals surface area contributed by atoms with Crippen LogP contribution in [-0.4, -0.2) is 32.0 Å². The molecular formula is C18H10O7Si. The smallest absolute Gasteiger partial charge is 0.347 e. The quantitative estimate of drug-likeness (QED) is 0.393. The second-order valence-electron chi connectivity index (χ2n) is 6.87. The van der Waals surface area contributed by atoms with Gasteiger partial charge in [0.05, 0.1) is 22.3 Å². The summed E-state index contributed by atoms with van der Waals surface area (Å²) in [6.45, 7) is 4.08. The third-order valence-electron chi connectivity index (χ3n) is 5.06. The summed E-state index contributed by atoms with van der Waals surface area (Å²) in [5.74, 6) is -1.85. The van der Waals surface area contributed by atoms with E-state index in [1.54, 1.807) is 12.1 Å². The van der Waals surface area contributed by atoms with Gasteiger partial charge in [0.2, 0.25) is 0 Å². The lowest BCUT2D eigenvalue weighted by atomic mass is 10.1. The Bertz CT molecular complexity index is 1030. The lowest BCUT2D eigenvalue weighted by Gasteiger charge is -2.33. The van der Waals surface area contributed by atoms with E-state index in [2.05, 4.69) is 9.47 Å². The van der Waals surface area contributed by atoms with Crippen LogP contribution in [0.25, 0.3) is 0 Å². The van der Waals surface area contributed by atoms with Gasteiger partial charge in [0.25, 0.3) is 0 Å². The highest BCUT2D eigenvalue weighted by atomic mass is 28.3. The average Bonchev–Trinajstić information content (AvgIpc) is 3.01. The lowest BCUT2D eigenvalue weighted by molar-refractivity contribution is 0.0425. The molecule has 3 heterocycles. The Kier molecular flexibility index (Phi) is 2.58. The summed E-state index contributed by atoms with van der Waals surface area (Å²) in [5, 5.41) is 1.63. The first-order chi connectivity index (χ1) is 12.3. The molecule has 8 heteroatoms. The molecule has 0 bridgehead atoms. The van der Waals surface area contributed by atoms with E-state index in [9.17, 15) is 19.2 Å². The van der Waals surface area contributed by atoms with Crippen molar-refractivity contribution < 1.29 is 33.4 Å². The zero-order valence-electron chi connectivity index (χ0n) is 13.7. The molecule has 0 N–H and O–H groups in total. The molecule has 128 valence electrons. The van der Waals surface area contributed by atoms with E-state index < -0.39 is 32.0 Å². The van der Waals surface area contributed by atoms with E-state index >= 15 is 0 Å². The first-order valence-corrected chi connectivity index (χ1v) is 10.9. The van der Waals surface area contributed by atoms with E-state index in [1.807, 2.05) is 13.1 Å². The molecule has 0 saturated carbocycles. The second kappa shape index (κ2) is 4.47. The molecule has 5 rings (SSSR count). The number of hydrogen-bond donors (Lipinski definition) is 0. The van der Waals surface area contributed by atoms with Gasteiger partial charge >= 0.3 is 23.9 Å². The predicted molar refractivity (Wildman–Crippen MR) is 89.2 cm³/mol. The first-order valence-electron chi connectivity index (χ1n) is 7.85. The predicted octanol–water partition coefficient (Wildman–Crippen LogP) is 1.24. The standard InChI is InChI=1S/C18H10O7Si/c1-26(2)13-5-9-7(15(19)24-17(9)21)3-11(13)23-12-4-8-10(6-14(12)26)18(22)25-16(8)20/h3-6H,1-2H3. The van der Waals surface area contributed by atoms with Crippen LogP contribution in [0.1, 0.15) is 41.4 Å². The van der Waals surface area contributed by atoms with Gasteiger partial charge in [-0.3, -0.25) is 0 Å². The molecule has 0 atom stereocenters.